The molecule has 100 valence electrons. The van der Waals surface area contributed by atoms with Crippen LogP contribution in [0.1, 0.15) is 18.3 Å². The van der Waals surface area contributed by atoms with Crippen molar-refractivity contribution in [3.63, 3.8) is 0 Å². The van der Waals surface area contributed by atoms with Crippen LogP contribution in [-0.2, 0) is 5.54 Å². The Labute approximate surface area is 116 Å². The number of aromatic amines is 1. The summed E-state index contributed by atoms with van der Waals surface area (Å²) >= 11 is 0. The molecule has 2 heterocycles. The van der Waals surface area contributed by atoms with Crippen molar-refractivity contribution < 1.29 is 0 Å². The monoisotopic (exact) mass is 265 g/mol. The van der Waals surface area contributed by atoms with E-state index in [1.807, 2.05) is 49.4 Å². The van der Waals surface area contributed by atoms with E-state index in [-0.39, 0.29) is 0 Å². The van der Waals surface area contributed by atoms with E-state index in [0.29, 0.717) is 11.6 Å². The van der Waals surface area contributed by atoms with E-state index in [1.165, 1.54) is 0 Å². The van der Waals surface area contributed by atoms with Crippen LogP contribution < -0.4 is 5.73 Å². The summed E-state index contributed by atoms with van der Waals surface area (Å²) in [5.74, 6) is 1.26. The summed E-state index contributed by atoms with van der Waals surface area (Å²) in [6, 6.07) is 13.6. The third-order valence-corrected chi connectivity index (χ3v) is 3.29. The molecule has 0 bridgehead atoms. The molecule has 20 heavy (non-hydrogen) atoms. The lowest BCUT2D eigenvalue weighted by molar-refractivity contribution is 0.561. The lowest BCUT2D eigenvalue weighted by Crippen LogP contribution is -2.35. The van der Waals surface area contributed by atoms with Gasteiger partial charge in [0.25, 0.3) is 0 Å². The molecule has 0 aliphatic rings. The Hall–Kier alpha value is -2.53. The van der Waals surface area contributed by atoms with Crippen LogP contribution in [-0.4, -0.2) is 20.2 Å². The van der Waals surface area contributed by atoms with Crippen LogP contribution in [0.25, 0.3) is 11.4 Å². The zero-order chi connectivity index (χ0) is 14.0. The molecule has 1 aromatic carbocycles. The third kappa shape index (κ3) is 2.19. The summed E-state index contributed by atoms with van der Waals surface area (Å²) in [5.41, 5.74) is 7.59. The highest BCUT2D eigenvalue weighted by Gasteiger charge is 2.27. The van der Waals surface area contributed by atoms with E-state index in [9.17, 15) is 0 Å². The van der Waals surface area contributed by atoms with Crippen molar-refractivity contribution in [2.75, 3.05) is 0 Å². The fourth-order valence-electron chi connectivity index (χ4n) is 2.05. The fourth-order valence-corrected chi connectivity index (χ4v) is 2.05. The molecule has 0 aliphatic heterocycles. The first-order valence-corrected chi connectivity index (χ1v) is 6.35. The molecule has 0 radical (unpaired) electrons. The van der Waals surface area contributed by atoms with Crippen molar-refractivity contribution in [3.8, 4) is 11.4 Å². The molecule has 0 aliphatic carbocycles. The third-order valence-electron chi connectivity index (χ3n) is 3.29. The number of H-pyrrole nitrogens is 1. The van der Waals surface area contributed by atoms with E-state index < -0.39 is 5.54 Å². The van der Waals surface area contributed by atoms with Crippen molar-refractivity contribution in [3.05, 3.63) is 66.2 Å². The summed E-state index contributed by atoms with van der Waals surface area (Å²) < 4.78 is 0. The maximum atomic E-state index is 6.40. The van der Waals surface area contributed by atoms with Gasteiger partial charge in [0.05, 0.1) is 5.54 Å². The van der Waals surface area contributed by atoms with Crippen molar-refractivity contribution >= 4 is 0 Å². The maximum Gasteiger partial charge on any atom is 0.181 e. The minimum Gasteiger partial charge on any atom is -0.315 e. The molecule has 0 spiro atoms. The highest BCUT2D eigenvalue weighted by Crippen LogP contribution is 2.25. The van der Waals surface area contributed by atoms with E-state index >= 15 is 0 Å². The first-order chi connectivity index (χ1) is 9.68. The van der Waals surface area contributed by atoms with Crippen LogP contribution >= 0.6 is 0 Å². The summed E-state index contributed by atoms with van der Waals surface area (Å²) in [4.78, 5) is 8.49. The highest BCUT2D eigenvalue weighted by molar-refractivity contribution is 5.53. The molecule has 3 rings (SSSR count). The molecule has 0 saturated heterocycles. The molecular formula is C15H15N5. The van der Waals surface area contributed by atoms with Gasteiger partial charge in [-0.3, -0.25) is 10.1 Å². The second-order valence-electron chi connectivity index (χ2n) is 4.81. The lowest BCUT2D eigenvalue weighted by atomic mass is 9.92. The number of nitrogens with two attached hydrogens (primary N) is 1. The first kappa shape index (κ1) is 12.5. The largest absolute Gasteiger partial charge is 0.315 e. The normalized spacial score (nSPS) is 13.9. The van der Waals surface area contributed by atoms with Gasteiger partial charge in [0.1, 0.15) is 5.82 Å². The quantitative estimate of drug-likeness (QED) is 0.759. The molecule has 3 N–H and O–H groups in total. The molecule has 1 unspecified atom stereocenters. The smallest absolute Gasteiger partial charge is 0.181 e. The van der Waals surface area contributed by atoms with E-state index in [0.717, 1.165) is 11.1 Å². The minimum atomic E-state index is -0.709. The summed E-state index contributed by atoms with van der Waals surface area (Å²) in [6.45, 7) is 1.92. The molecule has 2 aromatic heterocycles. The Balaban J connectivity index is 1.98. The number of hydrogen-bond donors (Lipinski definition) is 2. The van der Waals surface area contributed by atoms with Gasteiger partial charge in [0.15, 0.2) is 5.82 Å². The van der Waals surface area contributed by atoms with Crippen LogP contribution in [0.5, 0.6) is 0 Å². The summed E-state index contributed by atoms with van der Waals surface area (Å²) in [6.07, 6.45) is 3.43. The Bertz CT molecular complexity index is 689. The number of benzene rings is 1. The fraction of sp³-hybridized carbons (Fsp3) is 0.133. The number of hydrogen-bond acceptors (Lipinski definition) is 4. The Morgan fingerprint density at radius 1 is 1.05 bits per heavy atom. The van der Waals surface area contributed by atoms with Gasteiger partial charge in [-0.2, -0.15) is 5.10 Å². The summed E-state index contributed by atoms with van der Waals surface area (Å²) in [5, 5.41) is 7.17. The second kappa shape index (κ2) is 4.86. The van der Waals surface area contributed by atoms with E-state index in [4.69, 9.17) is 5.73 Å². The molecule has 1 atom stereocenters. The minimum absolute atomic E-state index is 0.620. The maximum absolute atomic E-state index is 6.40. The predicted molar refractivity (Wildman–Crippen MR) is 76.7 cm³/mol. The number of nitrogens with zero attached hydrogens (tertiary/aromatic N) is 3. The molecule has 5 nitrogen and oxygen atoms in total. The van der Waals surface area contributed by atoms with Crippen molar-refractivity contribution in [1.29, 1.82) is 0 Å². The molecule has 0 saturated carbocycles. The van der Waals surface area contributed by atoms with Crippen molar-refractivity contribution in [2.45, 2.75) is 12.5 Å². The van der Waals surface area contributed by atoms with Crippen molar-refractivity contribution in [1.82, 2.24) is 20.2 Å². The van der Waals surface area contributed by atoms with Gasteiger partial charge in [0, 0.05) is 18.0 Å². The average Bonchev–Trinajstić information content (AvgIpc) is 3.00. The summed E-state index contributed by atoms with van der Waals surface area (Å²) in [7, 11) is 0. The average molecular weight is 265 g/mol. The van der Waals surface area contributed by atoms with Gasteiger partial charge in [-0.05, 0) is 24.6 Å². The zero-order valence-electron chi connectivity index (χ0n) is 11.1. The van der Waals surface area contributed by atoms with Gasteiger partial charge in [0.2, 0.25) is 0 Å². The molecule has 3 aromatic rings. The first-order valence-electron chi connectivity index (χ1n) is 6.35. The topological polar surface area (TPSA) is 80.5 Å². The number of aromatic nitrogens is 4. The standard InChI is InChI=1S/C15H15N5/c1-15(16,12-5-3-2-4-6-12)14-18-13(19-20-14)11-7-9-17-10-8-11/h2-10H,16H2,1H3,(H,18,19,20). The van der Waals surface area contributed by atoms with Crippen molar-refractivity contribution in [2.24, 2.45) is 5.73 Å². The van der Waals surface area contributed by atoms with E-state index in [2.05, 4.69) is 20.2 Å². The molecular weight excluding hydrogens is 250 g/mol. The van der Waals surface area contributed by atoms with Crippen LogP contribution in [0, 0.1) is 0 Å². The molecule has 0 amide bonds. The van der Waals surface area contributed by atoms with Crippen LogP contribution in [0.3, 0.4) is 0 Å². The van der Waals surface area contributed by atoms with Gasteiger partial charge in [-0.25, -0.2) is 4.98 Å². The highest BCUT2D eigenvalue weighted by atomic mass is 15.2. The van der Waals surface area contributed by atoms with E-state index in [1.54, 1.807) is 12.4 Å². The van der Waals surface area contributed by atoms with Crippen LogP contribution in [0.15, 0.2) is 54.9 Å². The second-order valence-corrected chi connectivity index (χ2v) is 4.81. The molecule has 0 fully saturated rings. The SMILES string of the molecule is CC(N)(c1ccccc1)c1nc(-c2ccncc2)n[nH]1. The molecule has 5 heteroatoms. The number of pyridine rings is 1. The number of rotatable bonds is 3. The van der Waals surface area contributed by atoms with Crippen LogP contribution in [0.4, 0.5) is 0 Å². The Morgan fingerprint density at radius 3 is 2.45 bits per heavy atom. The van der Waals surface area contributed by atoms with Gasteiger partial charge < -0.3 is 5.73 Å². The van der Waals surface area contributed by atoms with Crippen LogP contribution in [0.2, 0.25) is 0 Å². The Kier molecular flexibility index (Phi) is 3.04. The zero-order valence-corrected chi connectivity index (χ0v) is 11.1. The van der Waals surface area contributed by atoms with Gasteiger partial charge in [-0.15, -0.1) is 0 Å². The number of nitrogens with one attached hydrogen (secondary N) is 1. The Morgan fingerprint density at radius 2 is 1.75 bits per heavy atom. The lowest BCUT2D eigenvalue weighted by Gasteiger charge is -2.21. The van der Waals surface area contributed by atoms with Gasteiger partial charge in [-0.1, -0.05) is 30.3 Å². The predicted octanol–water partition coefficient (Wildman–Crippen LogP) is 2.09. The van der Waals surface area contributed by atoms with Gasteiger partial charge >= 0.3 is 0 Å².